The zero-order valence-corrected chi connectivity index (χ0v) is 53.2. The van der Waals surface area contributed by atoms with Gasteiger partial charge >= 0.3 is 5.97 Å². The number of hydrogen-bond acceptors (Lipinski definition) is 13. The number of carbonyl (C=O) groups is 11. The van der Waals surface area contributed by atoms with E-state index in [1.165, 1.54) is 87.7 Å². The number of ether oxygens (including phenoxy) is 1. The summed E-state index contributed by atoms with van der Waals surface area (Å²) in [7, 11) is 11.5. The molecule has 81 heavy (non-hydrogen) atoms. The fourth-order valence-electron chi connectivity index (χ4n) is 9.09. The van der Waals surface area contributed by atoms with Gasteiger partial charge in [-0.2, -0.15) is 0 Å². The summed E-state index contributed by atoms with van der Waals surface area (Å²) in [5.74, 6) is -6.69. The van der Waals surface area contributed by atoms with E-state index in [4.69, 9.17) is 0 Å². The van der Waals surface area contributed by atoms with E-state index in [1.807, 2.05) is 81.4 Å². The lowest BCUT2D eigenvalue weighted by Gasteiger charge is -2.38. The van der Waals surface area contributed by atoms with Crippen LogP contribution in [0.15, 0.2) is 12.2 Å². The molecule has 23 nitrogen and oxygen atoms in total. The van der Waals surface area contributed by atoms with Crippen molar-refractivity contribution in [2.24, 2.45) is 35.5 Å². The van der Waals surface area contributed by atoms with E-state index in [0.29, 0.717) is 12.8 Å². The van der Waals surface area contributed by atoms with Crippen molar-refractivity contribution < 1.29 is 57.5 Å². The van der Waals surface area contributed by atoms with Gasteiger partial charge < -0.3 is 60.7 Å². The standard InChI is InChI=1S/C58H105N11O12/c1-23-24-25-39(12)30-44(53(75)60-31-47(70)64(16)33-49(72)81-22)66(18)48(71)32-65(17)56(78)45(28-36(6)7)69(21)57(79)46(29-37(8)9)68(20)55(77)41(14)62-51(73)40(13)61-54(76)43(27-35(4)5)67(19)58(80)50(38(10)11)63-52(74)42(59-15)26-34(2)3/h23-24,34-46,50,59H,25-33H2,1-22H3,(H,60,75)(H,61,76)(H,62,73)(H,63,74)/b24-23+/t39-,40+,41-,42+,43+,44+,45+,46+,50?/m1/s1. The van der Waals surface area contributed by atoms with Gasteiger partial charge in [0, 0.05) is 42.3 Å². The fourth-order valence-corrected chi connectivity index (χ4v) is 9.09. The van der Waals surface area contributed by atoms with E-state index in [1.54, 1.807) is 20.9 Å². The first-order chi connectivity index (χ1) is 37.5. The van der Waals surface area contributed by atoms with Crippen molar-refractivity contribution in [3.8, 4) is 0 Å². The van der Waals surface area contributed by atoms with Crippen LogP contribution in [-0.2, 0) is 57.5 Å². The second kappa shape index (κ2) is 36.4. The Morgan fingerprint density at radius 3 is 1.42 bits per heavy atom. The molecule has 1 unspecified atom stereocenters. The minimum Gasteiger partial charge on any atom is -0.468 e. The molecule has 10 amide bonds. The average Bonchev–Trinajstić information content (AvgIpc) is 3.39. The largest absolute Gasteiger partial charge is 0.468 e. The first-order valence-electron chi connectivity index (χ1n) is 28.6. The summed E-state index contributed by atoms with van der Waals surface area (Å²) in [5, 5.41) is 13.9. The molecule has 23 heteroatoms. The Kier molecular flexibility index (Phi) is 33.6. The molecule has 5 N–H and O–H groups in total. The molecular formula is C58H105N11O12. The molecule has 0 aliphatic heterocycles. The van der Waals surface area contributed by atoms with Crippen LogP contribution in [0.2, 0.25) is 0 Å². The number of methoxy groups -OCH3 is 1. The molecule has 0 aromatic heterocycles. The van der Waals surface area contributed by atoms with Crippen molar-refractivity contribution in [2.45, 2.75) is 184 Å². The fraction of sp³-hybridized carbons (Fsp3) is 0.776. The van der Waals surface area contributed by atoms with E-state index < -0.39 is 121 Å². The Hall–Kier alpha value is -6.13. The van der Waals surface area contributed by atoms with E-state index in [-0.39, 0.29) is 73.6 Å². The summed E-state index contributed by atoms with van der Waals surface area (Å²) in [5.41, 5.74) is 0. The Morgan fingerprint density at radius 2 is 0.938 bits per heavy atom. The number of carbonyl (C=O) groups excluding carboxylic acids is 11. The number of hydrogen-bond donors (Lipinski definition) is 5. The van der Waals surface area contributed by atoms with Gasteiger partial charge in [0.2, 0.25) is 59.1 Å². The summed E-state index contributed by atoms with van der Waals surface area (Å²) in [6.07, 6.45) is 5.80. The summed E-state index contributed by atoms with van der Waals surface area (Å²) >= 11 is 0. The quantitative estimate of drug-likeness (QED) is 0.0451. The third-order valence-electron chi connectivity index (χ3n) is 14.2. The maximum absolute atomic E-state index is 14.7. The predicted octanol–water partition coefficient (Wildman–Crippen LogP) is 2.42. The number of amides is 10. The van der Waals surface area contributed by atoms with Crippen molar-refractivity contribution in [3.05, 3.63) is 12.2 Å². The molecule has 0 aromatic rings. The number of allylic oxidation sites excluding steroid dienone is 2. The van der Waals surface area contributed by atoms with Crippen LogP contribution in [0.25, 0.3) is 0 Å². The molecule has 0 saturated carbocycles. The monoisotopic (exact) mass is 1150 g/mol. The van der Waals surface area contributed by atoms with Crippen LogP contribution in [0.5, 0.6) is 0 Å². The molecule has 0 heterocycles. The van der Waals surface area contributed by atoms with Crippen LogP contribution in [0.3, 0.4) is 0 Å². The molecule has 464 valence electrons. The van der Waals surface area contributed by atoms with E-state index in [2.05, 4.69) is 31.3 Å². The molecule has 0 aliphatic rings. The minimum atomic E-state index is -1.19. The first kappa shape index (κ1) is 74.9. The van der Waals surface area contributed by atoms with Gasteiger partial charge in [0.05, 0.1) is 26.2 Å². The van der Waals surface area contributed by atoms with Gasteiger partial charge in [-0.05, 0) is 102 Å². The number of esters is 1. The van der Waals surface area contributed by atoms with Crippen LogP contribution in [-0.4, -0.2) is 219 Å². The smallest absolute Gasteiger partial charge is 0.325 e. The van der Waals surface area contributed by atoms with Crippen molar-refractivity contribution in [1.29, 1.82) is 0 Å². The van der Waals surface area contributed by atoms with Gasteiger partial charge in [-0.1, -0.05) is 88.3 Å². The maximum atomic E-state index is 14.7. The predicted molar refractivity (Wildman–Crippen MR) is 312 cm³/mol. The lowest BCUT2D eigenvalue weighted by molar-refractivity contribution is -0.152. The molecule has 0 fully saturated rings. The van der Waals surface area contributed by atoms with Crippen LogP contribution in [0, 0.1) is 35.5 Å². The Labute approximate surface area is 484 Å². The van der Waals surface area contributed by atoms with E-state index in [9.17, 15) is 52.7 Å². The molecule has 9 atom stereocenters. The molecule has 0 saturated heterocycles. The Balaban J connectivity index is 6.49. The normalized spacial score (nSPS) is 14.9. The summed E-state index contributed by atoms with van der Waals surface area (Å²) in [4.78, 5) is 158. The van der Waals surface area contributed by atoms with Crippen LogP contribution in [0.1, 0.15) is 135 Å². The van der Waals surface area contributed by atoms with E-state index >= 15 is 0 Å². The number of likely N-dealkylation sites (N-methyl/N-ethyl adjacent to an activating group) is 7. The number of rotatable bonds is 35. The van der Waals surface area contributed by atoms with Gasteiger partial charge in [-0.25, -0.2) is 0 Å². The lowest BCUT2D eigenvalue weighted by atomic mass is 9.96. The summed E-state index contributed by atoms with van der Waals surface area (Å²) in [6, 6.07) is -8.07. The molecule has 0 aliphatic carbocycles. The molecule has 0 bridgehead atoms. The van der Waals surface area contributed by atoms with Crippen LogP contribution >= 0.6 is 0 Å². The van der Waals surface area contributed by atoms with Crippen molar-refractivity contribution in [3.63, 3.8) is 0 Å². The first-order valence-corrected chi connectivity index (χ1v) is 28.6. The zero-order chi connectivity index (χ0) is 62.9. The van der Waals surface area contributed by atoms with Gasteiger partial charge in [-0.15, -0.1) is 0 Å². The van der Waals surface area contributed by atoms with Gasteiger partial charge in [0.1, 0.15) is 48.8 Å². The second-order valence-corrected chi connectivity index (χ2v) is 23.8. The molecule has 0 aromatic carbocycles. The molecule has 0 radical (unpaired) electrons. The third kappa shape index (κ3) is 25.3. The third-order valence-corrected chi connectivity index (χ3v) is 14.2. The van der Waals surface area contributed by atoms with Gasteiger partial charge in [0.15, 0.2) is 0 Å². The van der Waals surface area contributed by atoms with Crippen molar-refractivity contribution >= 4 is 65.0 Å². The SMILES string of the molecule is C/C=C/C[C@@H](C)C[C@@H](C(=O)NCC(=O)N(C)CC(=O)OC)N(C)C(=O)CN(C)C(=O)[C@H](CC(C)C)N(C)C(=O)[C@H](CC(C)C)N(C)C(=O)[C@@H](C)NC(=O)[C@H](C)NC(=O)[C@H](CC(C)C)N(C)C(=O)C(NC(=O)[C@H](CC(C)C)NC)C(C)C. The topological polar surface area (TPSA) is 277 Å². The van der Waals surface area contributed by atoms with Gasteiger partial charge in [-0.3, -0.25) is 52.7 Å². The lowest BCUT2D eigenvalue weighted by Crippen LogP contribution is -2.60. The minimum absolute atomic E-state index is 0.0501. The Bertz CT molecular complexity index is 2130. The highest BCUT2D eigenvalue weighted by Crippen LogP contribution is 2.22. The highest BCUT2D eigenvalue weighted by Gasteiger charge is 2.40. The highest BCUT2D eigenvalue weighted by atomic mass is 16.5. The molecule has 0 rings (SSSR count). The van der Waals surface area contributed by atoms with Crippen LogP contribution < -0.4 is 26.6 Å². The number of nitrogens with zero attached hydrogens (tertiary/aromatic N) is 6. The highest BCUT2D eigenvalue weighted by molar-refractivity contribution is 5.98. The van der Waals surface area contributed by atoms with Crippen LogP contribution in [0.4, 0.5) is 0 Å². The molecular weight excluding hydrogens is 1040 g/mol. The maximum Gasteiger partial charge on any atom is 0.325 e. The second-order valence-electron chi connectivity index (χ2n) is 23.8. The molecule has 0 spiro atoms. The average molecular weight is 1150 g/mol. The van der Waals surface area contributed by atoms with Crippen molar-refractivity contribution in [1.82, 2.24) is 56.0 Å². The summed E-state index contributed by atoms with van der Waals surface area (Å²) in [6.45, 7) is 24.3. The Morgan fingerprint density at radius 1 is 0.469 bits per heavy atom. The van der Waals surface area contributed by atoms with Crippen molar-refractivity contribution in [2.75, 3.05) is 76.1 Å². The summed E-state index contributed by atoms with van der Waals surface area (Å²) < 4.78 is 4.63. The van der Waals surface area contributed by atoms with E-state index in [0.717, 1.165) is 4.90 Å². The number of nitrogens with one attached hydrogen (secondary N) is 5. The van der Waals surface area contributed by atoms with Gasteiger partial charge in [0.25, 0.3) is 0 Å². The zero-order valence-electron chi connectivity index (χ0n) is 53.2.